The molecule has 1 fully saturated rings. The second-order valence-corrected chi connectivity index (χ2v) is 6.61. The predicted molar refractivity (Wildman–Crippen MR) is 88.4 cm³/mol. The molecular formula is C18H29FN2. The summed E-state index contributed by atoms with van der Waals surface area (Å²) in [6.45, 7) is 6.29. The van der Waals surface area contributed by atoms with Crippen LogP contribution in [-0.4, -0.2) is 20.1 Å². The van der Waals surface area contributed by atoms with E-state index in [0.29, 0.717) is 12.0 Å². The first kappa shape index (κ1) is 16.3. The summed E-state index contributed by atoms with van der Waals surface area (Å²) >= 11 is 0. The van der Waals surface area contributed by atoms with Crippen LogP contribution in [0, 0.1) is 18.7 Å². The van der Waals surface area contributed by atoms with Crippen molar-refractivity contribution in [3.8, 4) is 0 Å². The molecule has 0 bridgehead atoms. The van der Waals surface area contributed by atoms with Crippen LogP contribution >= 0.6 is 0 Å². The monoisotopic (exact) mass is 292 g/mol. The van der Waals surface area contributed by atoms with Gasteiger partial charge in [0.25, 0.3) is 0 Å². The molecular weight excluding hydrogens is 263 g/mol. The van der Waals surface area contributed by atoms with Crippen LogP contribution in [0.5, 0.6) is 0 Å². The number of aryl methyl sites for hydroxylation is 1. The maximum absolute atomic E-state index is 14.0. The molecule has 2 rings (SSSR count). The third-order valence-corrected chi connectivity index (χ3v) is 5.15. The van der Waals surface area contributed by atoms with Crippen LogP contribution in [0.15, 0.2) is 12.1 Å². The Hall–Kier alpha value is -1.09. The molecule has 1 aliphatic carbocycles. The number of nitrogens with one attached hydrogen (secondary N) is 1. The van der Waals surface area contributed by atoms with Crippen molar-refractivity contribution >= 4 is 5.69 Å². The van der Waals surface area contributed by atoms with Crippen molar-refractivity contribution in [3.05, 3.63) is 29.1 Å². The van der Waals surface area contributed by atoms with Crippen molar-refractivity contribution in [2.45, 2.75) is 58.5 Å². The van der Waals surface area contributed by atoms with Crippen molar-refractivity contribution in [1.82, 2.24) is 5.32 Å². The number of hydrogen-bond donors (Lipinski definition) is 1. The summed E-state index contributed by atoms with van der Waals surface area (Å²) in [6, 6.07) is 4.43. The van der Waals surface area contributed by atoms with Gasteiger partial charge in [0.05, 0.1) is 0 Å². The molecule has 118 valence electrons. The summed E-state index contributed by atoms with van der Waals surface area (Å²) in [5.41, 5.74) is 2.96. The van der Waals surface area contributed by atoms with Gasteiger partial charge in [0.15, 0.2) is 0 Å². The van der Waals surface area contributed by atoms with E-state index in [4.69, 9.17) is 0 Å². The maximum Gasteiger partial charge on any atom is 0.126 e. The van der Waals surface area contributed by atoms with E-state index in [-0.39, 0.29) is 11.9 Å². The van der Waals surface area contributed by atoms with Gasteiger partial charge < -0.3 is 10.2 Å². The van der Waals surface area contributed by atoms with Gasteiger partial charge in [0.1, 0.15) is 5.82 Å². The molecule has 0 aromatic heterocycles. The van der Waals surface area contributed by atoms with Crippen molar-refractivity contribution in [1.29, 1.82) is 0 Å². The Morgan fingerprint density at radius 3 is 2.57 bits per heavy atom. The first-order valence-corrected chi connectivity index (χ1v) is 8.15. The topological polar surface area (TPSA) is 15.3 Å². The molecule has 3 heteroatoms. The normalized spacial score (nSPS) is 23.9. The Morgan fingerprint density at radius 2 is 1.95 bits per heavy atom. The minimum atomic E-state index is -0.110. The average Bonchev–Trinajstić information content (AvgIpc) is 2.48. The summed E-state index contributed by atoms with van der Waals surface area (Å²) in [7, 11) is 4.10. The number of anilines is 1. The van der Waals surface area contributed by atoms with E-state index in [1.54, 1.807) is 6.07 Å². The van der Waals surface area contributed by atoms with Crippen molar-refractivity contribution in [2.75, 3.05) is 19.0 Å². The van der Waals surface area contributed by atoms with Crippen LogP contribution in [0.2, 0.25) is 0 Å². The molecule has 2 nitrogen and oxygen atoms in total. The number of rotatable bonds is 4. The molecule has 0 spiro atoms. The number of halogens is 1. The van der Waals surface area contributed by atoms with E-state index < -0.39 is 0 Å². The molecule has 0 saturated heterocycles. The van der Waals surface area contributed by atoms with Crippen LogP contribution in [0.4, 0.5) is 10.1 Å². The lowest BCUT2D eigenvalue weighted by Crippen LogP contribution is -2.40. The van der Waals surface area contributed by atoms with Gasteiger partial charge in [-0.1, -0.05) is 19.8 Å². The summed E-state index contributed by atoms with van der Waals surface area (Å²) < 4.78 is 14.0. The zero-order valence-corrected chi connectivity index (χ0v) is 14.0. The molecule has 0 radical (unpaired) electrons. The summed E-state index contributed by atoms with van der Waals surface area (Å²) in [5, 5.41) is 3.24. The lowest BCUT2D eigenvalue weighted by atomic mass is 9.84. The Kier molecular flexibility index (Phi) is 5.26. The summed E-state index contributed by atoms with van der Waals surface area (Å²) in [4.78, 5) is 2.39. The first-order valence-electron chi connectivity index (χ1n) is 8.15. The third-order valence-electron chi connectivity index (χ3n) is 5.15. The molecule has 1 aromatic rings. The molecule has 1 saturated carbocycles. The van der Waals surface area contributed by atoms with Crippen LogP contribution in [0.3, 0.4) is 0 Å². The minimum absolute atomic E-state index is 0.110. The van der Waals surface area contributed by atoms with Gasteiger partial charge in [-0.05, 0) is 62.9 Å². The molecule has 1 N–H and O–H groups in total. The number of nitrogens with zero attached hydrogens (tertiary/aromatic N) is 1. The highest BCUT2D eigenvalue weighted by Gasteiger charge is 2.27. The average molecular weight is 292 g/mol. The van der Waals surface area contributed by atoms with E-state index >= 15 is 0 Å². The van der Waals surface area contributed by atoms with Crippen LogP contribution < -0.4 is 10.2 Å². The highest BCUT2D eigenvalue weighted by Crippen LogP contribution is 2.35. The molecule has 3 unspecified atom stereocenters. The van der Waals surface area contributed by atoms with E-state index in [1.165, 1.54) is 31.4 Å². The van der Waals surface area contributed by atoms with E-state index in [0.717, 1.165) is 11.1 Å². The fourth-order valence-electron chi connectivity index (χ4n) is 3.54. The van der Waals surface area contributed by atoms with Crippen LogP contribution in [-0.2, 0) is 0 Å². The van der Waals surface area contributed by atoms with Gasteiger partial charge in [-0.2, -0.15) is 0 Å². The van der Waals surface area contributed by atoms with Gasteiger partial charge in [0, 0.05) is 24.8 Å². The highest BCUT2D eigenvalue weighted by atomic mass is 19.1. The number of hydrogen-bond acceptors (Lipinski definition) is 2. The van der Waals surface area contributed by atoms with Gasteiger partial charge in [-0.25, -0.2) is 4.39 Å². The second-order valence-electron chi connectivity index (χ2n) is 6.61. The summed E-state index contributed by atoms with van der Waals surface area (Å²) in [5.74, 6) is 0.591. The van der Waals surface area contributed by atoms with Gasteiger partial charge >= 0.3 is 0 Å². The predicted octanol–water partition coefficient (Wildman–Crippen LogP) is 4.43. The van der Waals surface area contributed by atoms with E-state index in [9.17, 15) is 4.39 Å². The zero-order valence-electron chi connectivity index (χ0n) is 14.0. The highest BCUT2D eigenvalue weighted by molar-refractivity contribution is 5.57. The maximum atomic E-state index is 14.0. The Balaban J connectivity index is 2.38. The lowest BCUT2D eigenvalue weighted by molar-refractivity contribution is 0.321. The van der Waals surface area contributed by atoms with Gasteiger partial charge in [-0.15, -0.1) is 0 Å². The van der Waals surface area contributed by atoms with E-state index in [2.05, 4.69) is 31.1 Å². The largest absolute Gasteiger partial charge is 0.371 e. The standard InChI is InChI=1S/C18H29FN2/c1-12-8-6-7-9-17(12)21(5)18-10-13(2)16(19)11-15(18)14(3)20-4/h10-12,14,17,20H,6-9H2,1-5H3. The molecule has 0 amide bonds. The molecule has 0 heterocycles. The summed E-state index contributed by atoms with van der Waals surface area (Å²) in [6.07, 6.45) is 5.18. The van der Waals surface area contributed by atoms with Crippen molar-refractivity contribution in [2.24, 2.45) is 5.92 Å². The van der Waals surface area contributed by atoms with Gasteiger partial charge in [-0.3, -0.25) is 0 Å². The van der Waals surface area contributed by atoms with Crippen molar-refractivity contribution < 1.29 is 4.39 Å². The number of benzene rings is 1. The minimum Gasteiger partial charge on any atom is -0.371 e. The molecule has 1 aliphatic rings. The van der Waals surface area contributed by atoms with Crippen molar-refractivity contribution in [3.63, 3.8) is 0 Å². The Bertz CT molecular complexity index is 486. The molecule has 21 heavy (non-hydrogen) atoms. The van der Waals surface area contributed by atoms with Gasteiger partial charge in [0.2, 0.25) is 0 Å². The fourth-order valence-corrected chi connectivity index (χ4v) is 3.54. The zero-order chi connectivity index (χ0) is 15.6. The molecule has 1 aromatic carbocycles. The Morgan fingerprint density at radius 1 is 1.29 bits per heavy atom. The molecule has 3 atom stereocenters. The van der Waals surface area contributed by atoms with Crippen LogP contribution in [0.1, 0.15) is 56.7 Å². The first-order chi connectivity index (χ1) is 9.95. The smallest absolute Gasteiger partial charge is 0.126 e. The quantitative estimate of drug-likeness (QED) is 0.883. The van der Waals surface area contributed by atoms with Crippen LogP contribution in [0.25, 0.3) is 0 Å². The Labute approximate surface area is 128 Å². The van der Waals surface area contributed by atoms with E-state index in [1.807, 2.05) is 20.0 Å². The third kappa shape index (κ3) is 3.39. The fraction of sp³-hybridized carbons (Fsp3) is 0.667. The molecule has 0 aliphatic heterocycles. The second kappa shape index (κ2) is 6.78. The SMILES string of the molecule is CNC(C)c1cc(F)c(C)cc1N(C)C1CCCCC1C. The lowest BCUT2D eigenvalue weighted by Gasteiger charge is -2.39.